The lowest BCUT2D eigenvalue weighted by molar-refractivity contribution is -0.140. The SMILES string of the molecule is Cc1cnc2c(C(=O)N[C@]3(c4ccc(C(F)(F)F)cc4F)CCOC[C@@]3(C)O)ccn2c1. The molecule has 0 bridgehead atoms. The average molecular weight is 451 g/mol. The van der Waals surface area contributed by atoms with E-state index in [1.54, 1.807) is 23.0 Å². The minimum Gasteiger partial charge on any atom is -0.385 e. The van der Waals surface area contributed by atoms with Crippen LogP contribution in [0, 0.1) is 12.7 Å². The normalized spacial score (nSPS) is 24.0. The third-order valence-corrected chi connectivity index (χ3v) is 5.87. The van der Waals surface area contributed by atoms with Crippen molar-refractivity contribution in [2.24, 2.45) is 0 Å². The molecule has 2 atom stereocenters. The third kappa shape index (κ3) is 3.63. The summed E-state index contributed by atoms with van der Waals surface area (Å²) in [6.07, 6.45) is 0.213. The van der Waals surface area contributed by atoms with Crippen LogP contribution in [0.2, 0.25) is 0 Å². The number of alkyl halides is 3. The number of aromatic nitrogens is 2. The maximum absolute atomic E-state index is 15.0. The van der Waals surface area contributed by atoms with Gasteiger partial charge in [-0.2, -0.15) is 13.2 Å². The van der Waals surface area contributed by atoms with Crippen LogP contribution in [0.15, 0.2) is 42.9 Å². The molecule has 0 spiro atoms. The highest BCUT2D eigenvalue weighted by atomic mass is 19.4. The fourth-order valence-electron chi connectivity index (χ4n) is 4.15. The zero-order valence-corrected chi connectivity index (χ0v) is 17.3. The monoisotopic (exact) mass is 451 g/mol. The Morgan fingerprint density at radius 3 is 2.72 bits per heavy atom. The number of halogens is 4. The van der Waals surface area contributed by atoms with E-state index in [0.717, 1.165) is 17.7 Å². The first kappa shape index (κ1) is 22.2. The Morgan fingerprint density at radius 1 is 1.31 bits per heavy atom. The standard InChI is InChI=1S/C22H21F4N3O3/c1-13-10-27-18-15(5-7-29(18)11-13)19(30)28-21(6-8-32-12-20(21,2)31)16-4-3-14(9-17(16)23)22(24,25)26/h3-5,7,9-11,31H,6,8,12H2,1-2H3,(H,28,30)/t20-,21+/m1/s1. The second kappa shape index (κ2) is 7.56. The van der Waals surface area contributed by atoms with Crippen molar-refractivity contribution in [1.82, 2.24) is 14.7 Å². The molecule has 0 unspecified atom stereocenters. The highest BCUT2D eigenvalue weighted by molar-refractivity contribution is 6.00. The van der Waals surface area contributed by atoms with Crippen molar-refractivity contribution in [1.29, 1.82) is 0 Å². The molecule has 0 saturated carbocycles. The van der Waals surface area contributed by atoms with E-state index in [-0.39, 0.29) is 30.8 Å². The number of rotatable bonds is 3. The molecule has 10 heteroatoms. The van der Waals surface area contributed by atoms with Gasteiger partial charge in [-0.25, -0.2) is 9.37 Å². The van der Waals surface area contributed by atoms with Crippen LogP contribution in [0.5, 0.6) is 0 Å². The van der Waals surface area contributed by atoms with Crippen molar-refractivity contribution >= 4 is 11.6 Å². The maximum Gasteiger partial charge on any atom is 0.416 e. The van der Waals surface area contributed by atoms with Gasteiger partial charge in [-0.3, -0.25) is 4.79 Å². The summed E-state index contributed by atoms with van der Waals surface area (Å²) in [5.41, 5.74) is -3.54. The van der Waals surface area contributed by atoms with Gasteiger partial charge >= 0.3 is 6.18 Å². The van der Waals surface area contributed by atoms with E-state index >= 15 is 4.39 Å². The molecule has 1 aromatic carbocycles. The number of benzene rings is 1. The minimum atomic E-state index is -4.73. The molecule has 170 valence electrons. The molecule has 6 nitrogen and oxygen atoms in total. The predicted octanol–water partition coefficient (Wildman–Crippen LogP) is 3.60. The van der Waals surface area contributed by atoms with Crippen molar-refractivity contribution in [3.8, 4) is 0 Å². The molecular weight excluding hydrogens is 430 g/mol. The molecule has 4 rings (SSSR count). The Labute approximate surface area is 180 Å². The van der Waals surface area contributed by atoms with Crippen LogP contribution < -0.4 is 5.32 Å². The van der Waals surface area contributed by atoms with Gasteiger partial charge in [0.15, 0.2) is 0 Å². The van der Waals surface area contributed by atoms with Crippen molar-refractivity contribution in [3.05, 3.63) is 70.9 Å². The Morgan fingerprint density at radius 2 is 2.06 bits per heavy atom. The number of hydrogen-bond donors (Lipinski definition) is 2. The highest BCUT2D eigenvalue weighted by Gasteiger charge is 2.53. The summed E-state index contributed by atoms with van der Waals surface area (Å²) in [6.45, 7) is 3.00. The van der Waals surface area contributed by atoms with Crippen LogP contribution in [0.3, 0.4) is 0 Å². The summed E-state index contributed by atoms with van der Waals surface area (Å²) in [6, 6.07) is 3.59. The van der Waals surface area contributed by atoms with Gasteiger partial charge in [0.05, 0.1) is 17.7 Å². The van der Waals surface area contributed by atoms with Crippen molar-refractivity contribution in [2.75, 3.05) is 13.2 Å². The second-order valence-corrected chi connectivity index (χ2v) is 8.22. The van der Waals surface area contributed by atoms with Gasteiger partial charge in [-0.1, -0.05) is 6.07 Å². The molecule has 1 saturated heterocycles. The number of carbonyl (C=O) groups is 1. The lowest BCUT2D eigenvalue weighted by Gasteiger charge is -2.49. The lowest BCUT2D eigenvalue weighted by atomic mass is 9.71. The second-order valence-electron chi connectivity index (χ2n) is 8.22. The van der Waals surface area contributed by atoms with Crippen molar-refractivity contribution in [3.63, 3.8) is 0 Å². The number of nitrogens with zero attached hydrogens (tertiary/aromatic N) is 2. The molecule has 0 radical (unpaired) electrons. The fourth-order valence-corrected chi connectivity index (χ4v) is 4.15. The van der Waals surface area contributed by atoms with Crippen molar-refractivity contribution < 1.29 is 32.2 Å². The van der Waals surface area contributed by atoms with E-state index in [2.05, 4.69) is 10.3 Å². The van der Waals surface area contributed by atoms with Gasteiger partial charge in [-0.15, -0.1) is 0 Å². The van der Waals surface area contributed by atoms with Crippen LogP contribution >= 0.6 is 0 Å². The molecule has 1 fully saturated rings. The van der Waals surface area contributed by atoms with Gasteiger partial charge in [0.2, 0.25) is 0 Å². The van der Waals surface area contributed by atoms with Gasteiger partial charge in [0.25, 0.3) is 5.91 Å². The largest absolute Gasteiger partial charge is 0.416 e. The Hall–Kier alpha value is -2.98. The summed E-state index contributed by atoms with van der Waals surface area (Å²) in [5.74, 6) is -1.83. The first-order valence-corrected chi connectivity index (χ1v) is 9.88. The Balaban J connectivity index is 1.80. The van der Waals surface area contributed by atoms with Crippen LogP contribution in [-0.4, -0.2) is 39.2 Å². The molecule has 3 heterocycles. The first-order chi connectivity index (χ1) is 14.9. The number of fused-ring (bicyclic) bond motifs is 1. The number of hydrogen-bond acceptors (Lipinski definition) is 4. The van der Waals surface area contributed by atoms with Crippen LogP contribution in [0.4, 0.5) is 17.6 Å². The highest BCUT2D eigenvalue weighted by Crippen LogP contribution is 2.42. The van der Waals surface area contributed by atoms with E-state index in [1.807, 2.05) is 6.92 Å². The number of ether oxygens (including phenoxy) is 1. The molecule has 1 aliphatic heterocycles. The molecule has 0 aliphatic carbocycles. The van der Waals surface area contributed by atoms with Gasteiger partial charge in [0, 0.05) is 37.2 Å². The smallest absolute Gasteiger partial charge is 0.385 e. The predicted molar refractivity (Wildman–Crippen MR) is 107 cm³/mol. The van der Waals surface area contributed by atoms with E-state index in [9.17, 15) is 23.1 Å². The topological polar surface area (TPSA) is 75.9 Å². The van der Waals surface area contributed by atoms with E-state index in [0.29, 0.717) is 11.7 Å². The molecule has 2 N–H and O–H groups in total. The molecule has 3 aromatic rings. The maximum atomic E-state index is 15.0. The minimum absolute atomic E-state index is 0.0493. The number of aliphatic hydroxyl groups is 1. The van der Waals surface area contributed by atoms with Crippen LogP contribution in [-0.2, 0) is 16.5 Å². The zero-order valence-electron chi connectivity index (χ0n) is 17.3. The Kier molecular flexibility index (Phi) is 5.25. The molecule has 2 aromatic heterocycles. The summed E-state index contributed by atoms with van der Waals surface area (Å²) in [7, 11) is 0. The quantitative estimate of drug-likeness (QED) is 0.597. The van der Waals surface area contributed by atoms with E-state index < -0.39 is 34.6 Å². The van der Waals surface area contributed by atoms with E-state index in [4.69, 9.17) is 4.74 Å². The van der Waals surface area contributed by atoms with E-state index in [1.165, 1.54) is 13.0 Å². The number of amides is 1. The number of nitrogens with one attached hydrogen (secondary N) is 1. The summed E-state index contributed by atoms with van der Waals surface area (Å²) in [5, 5.41) is 13.8. The third-order valence-electron chi connectivity index (χ3n) is 5.87. The molecule has 1 aliphatic rings. The van der Waals surface area contributed by atoms with Gasteiger partial charge in [0.1, 0.15) is 22.6 Å². The zero-order chi connectivity index (χ0) is 23.3. The fraction of sp³-hybridized carbons (Fsp3) is 0.364. The molecule has 32 heavy (non-hydrogen) atoms. The van der Waals surface area contributed by atoms with Gasteiger partial charge < -0.3 is 19.6 Å². The average Bonchev–Trinajstić information content (AvgIpc) is 3.12. The summed E-state index contributed by atoms with van der Waals surface area (Å²) < 4.78 is 61.1. The van der Waals surface area contributed by atoms with Gasteiger partial charge in [-0.05, 0) is 37.6 Å². The molecule has 1 amide bonds. The molecular formula is C22H21F4N3O3. The number of aryl methyl sites for hydroxylation is 1. The van der Waals surface area contributed by atoms with Crippen molar-refractivity contribution in [2.45, 2.75) is 37.6 Å². The number of carbonyl (C=O) groups excluding carboxylic acids is 1. The summed E-state index contributed by atoms with van der Waals surface area (Å²) >= 11 is 0. The first-order valence-electron chi connectivity index (χ1n) is 9.88. The lowest BCUT2D eigenvalue weighted by Crippen LogP contribution is -2.65. The summed E-state index contributed by atoms with van der Waals surface area (Å²) in [4.78, 5) is 17.5. The van der Waals surface area contributed by atoms with Crippen LogP contribution in [0.1, 0.15) is 40.4 Å². The van der Waals surface area contributed by atoms with Crippen LogP contribution in [0.25, 0.3) is 5.65 Å². The Bertz CT molecular complexity index is 1190.